The van der Waals surface area contributed by atoms with Crippen molar-refractivity contribution in [1.29, 1.82) is 0 Å². The van der Waals surface area contributed by atoms with Crippen molar-refractivity contribution in [1.82, 2.24) is 9.80 Å². The third-order valence-electron chi connectivity index (χ3n) is 4.19. The largest absolute Gasteiger partial charge is 0.395 e. The monoisotopic (exact) mass is 290 g/mol. The molecule has 1 unspecified atom stereocenters. The van der Waals surface area contributed by atoms with Crippen LogP contribution >= 0.6 is 0 Å². The van der Waals surface area contributed by atoms with Gasteiger partial charge in [-0.1, -0.05) is 44.2 Å². The smallest absolute Gasteiger partial charge is 0.230 e. The Labute approximate surface area is 127 Å². The van der Waals surface area contributed by atoms with Gasteiger partial charge in [-0.2, -0.15) is 0 Å². The van der Waals surface area contributed by atoms with E-state index in [2.05, 4.69) is 18.7 Å². The molecule has 21 heavy (non-hydrogen) atoms. The van der Waals surface area contributed by atoms with E-state index in [-0.39, 0.29) is 24.3 Å². The Kier molecular flexibility index (Phi) is 5.76. The molecule has 0 aliphatic carbocycles. The van der Waals surface area contributed by atoms with Gasteiger partial charge in [0.05, 0.1) is 12.5 Å². The van der Waals surface area contributed by atoms with Crippen molar-refractivity contribution >= 4 is 5.91 Å². The molecule has 1 N–H and O–H groups in total. The van der Waals surface area contributed by atoms with E-state index in [0.717, 1.165) is 31.7 Å². The van der Waals surface area contributed by atoms with Gasteiger partial charge in [0.15, 0.2) is 0 Å². The first kappa shape index (κ1) is 16.0. The van der Waals surface area contributed by atoms with Gasteiger partial charge in [-0.15, -0.1) is 0 Å². The molecular formula is C17H26N2O2. The van der Waals surface area contributed by atoms with Crippen LogP contribution in [0.4, 0.5) is 0 Å². The number of amides is 1. The first-order valence-electron chi connectivity index (χ1n) is 7.80. The van der Waals surface area contributed by atoms with Crippen molar-refractivity contribution in [2.75, 3.05) is 39.3 Å². The van der Waals surface area contributed by atoms with Crippen LogP contribution < -0.4 is 0 Å². The maximum absolute atomic E-state index is 12.9. The molecule has 0 radical (unpaired) electrons. The zero-order chi connectivity index (χ0) is 15.2. The highest BCUT2D eigenvalue weighted by Crippen LogP contribution is 2.27. The van der Waals surface area contributed by atoms with E-state index in [1.54, 1.807) is 0 Å². The van der Waals surface area contributed by atoms with E-state index in [4.69, 9.17) is 5.11 Å². The summed E-state index contributed by atoms with van der Waals surface area (Å²) < 4.78 is 0. The molecule has 1 fully saturated rings. The standard InChI is InChI=1S/C17H26N2O2/c1-14(2)16(15-6-4-3-5-7-15)17(21)19-10-8-18(9-11-19)12-13-20/h3-7,14,16,20H,8-13H2,1-2H3. The van der Waals surface area contributed by atoms with Gasteiger partial charge in [0.1, 0.15) is 0 Å². The van der Waals surface area contributed by atoms with Gasteiger partial charge in [-0.25, -0.2) is 0 Å². The fraction of sp³-hybridized carbons (Fsp3) is 0.588. The maximum atomic E-state index is 12.9. The average molecular weight is 290 g/mol. The van der Waals surface area contributed by atoms with Crippen molar-refractivity contribution in [3.63, 3.8) is 0 Å². The van der Waals surface area contributed by atoms with Gasteiger partial charge in [0, 0.05) is 32.7 Å². The minimum absolute atomic E-state index is 0.0596. The minimum atomic E-state index is -0.0596. The molecule has 0 spiro atoms. The van der Waals surface area contributed by atoms with Crippen LogP contribution in [-0.2, 0) is 4.79 Å². The normalized spacial score (nSPS) is 18.0. The fourth-order valence-electron chi connectivity index (χ4n) is 3.00. The summed E-state index contributed by atoms with van der Waals surface area (Å²) in [6, 6.07) is 10.1. The van der Waals surface area contributed by atoms with E-state index >= 15 is 0 Å². The van der Waals surface area contributed by atoms with Crippen LogP contribution in [-0.4, -0.2) is 60.1 Å². The number of hydrogen-bond acceptors (Lipinski definition) is 3. The molecule has 0 saturated carbocycles. The summed E-state index contributed by atoms with van der Waals surface area (Å²) in [5.74, 6) is 0.464. The van der Waals surface area contributed by atoms with E-state index in [1.165, 1.54) is 0 Å². The Balaban J connectivity index is 2.03. The molecule has 2 rings (SSSR count). The number of nitrogens with zero attached hydrogens (tertiary/aromatic N) is 2. The van der Waals surface area contributed by atoms with Crippen molar-refractivity contribution in [3.8, 4) is 0 Å². The van der Waals surface area contributed by atoms with E-state index < -0.39 is 0 Å². The first-order valence-corrected chi connectivity index (χ1v) is 7.80. The quantitative estimate of drug-likeness (QED) is 0.895. The van der Waals surface area contributed by atoms with Crippen molar-refractivity contribution < 1.29 is 9.90 Å². The summed E-state index contributed by atoms with van der Waals surface area (Å²) in [6.45, 7) is 8.33. The molecule has 4 heteroatoms. The van der Waals surface area contributed by atoms with Crippen LogP contribution in [0.1, 0.15) is 25.3 Å². The highest BCUT2D eigenvalue weighted by atomic mass is 16.3. The molecular weight excluding hydrogens is 264 g/mol. The number of carbonyl (C=O) groups excluding carboxylic acids is 1. The predicted octanol–water partition coefficient (Wildman–Crippen LogP) is 1.56. The highest BCUT2D eigenvalue weighted by Gasteiger charge is 2.30. The lowest BCUT2D eigenvalue weighted by molar-refractivity contribution is -0.135. The van der Waals surface area contributed by atoms with Crippen LogP contribution in [0.15, 0.2) is 30.3 Å². The van der Waals surface area contributed by atoms with Gasteiger partial charge in [0.25, 0.3) is 0 Å². The van der Waals surface area contributed by atoms with Crippen molar-refractivity contribution in [2.45, 2.75) is 19.8 Å². The molecule has 0 aromatic heterocycles. The van der Waals surface area contributed by atoms with Crippen molar-refractivity contribution in [3.05, 3.63) is 35.9 Å². The van der Waals surface area contributed by atoms with Gasteiger partial charge >= 0.3 is 0 Å². The summed E-state index contributed by atoms with van der Waals surface area (Å²) in [5, 5.41) is 8.98. The molecule has 1 aromatic carbocycles. The Hall–Kier alpha value is -1.39. The molecule has 0 bridgehead atoms. The molecule has 116 valence electrons. The molecule has 1 atom stereocenters. The first-order chi connectivity index (χ1) is 10.1. The zero-order valence-corrected chi connectivity index (χ0v) is 13.0. The Morgan fingerprint density at radius 1 is 1.14 bits per heavy atom. The van der Waals surface area contributed by atoms with E-state index in [9.17, 15) is 4.79 Å². The Bertz CT molecular complexity index is 439. The second kappa shape index (κ2) is 7.57. The van der Waals surface area contributed by atoms with Crippen molar-refractivity contribution in [2.24, 2.45) is 5.92 Å². The van der Waals surface area contributed by atoms with Gasteiger partial charge in [-0.3, -0.25) is 9.69 Å². The number of hydrogen-bond donors (Lipinski definition) is 1. The van der Waals surface area contributed by atoms with Gasteiger partial charge in [0.2, 0.25) is 5.91 Å². The molecule has 1 heterocycles. The average Bonchev–Trinajstić information content (AvgIpc) is 2.49. The van der Waals surface area contributed by atoms with E-state index in [1.807, 2.05) is 35.2 Å². The minimum Gasteiger partial charge on any atom is -0.395 e. The lowest BCUT2D eigenvalue weighted by Crippen LogP contribution is -2.51. The molecule has 4 nitrogen and oxygen atoms in total. The Morgan fingerprint density at radius 3 is 2.29 bits per heavy atom. The summed E-state index contributed by atoms with van der Waals surface area (Å²) in [7, 11) is 0. The SMILES string of the molecule is CC(C)C(C(=O)N1CCN(CCO)CC1)c1ccccc1. The Morgan fingerprint density at radius 2 is 1.76 bits per heavy atom. The number of aliphatic hydroxyl groups is 1. The maximum Gasteiger partial charge on any atom is 0.230 e. The second-order valence-electron chi connectivity index (χ2n) is 6.02. The number of β-amino-alcohol motifs (C(OH)–C–C–N with tert-alkyl or cyclic N) is 1. The molecule has 1 aromatic rings. The molecule has 1 aliphatic heterocycles. The number of benzene rings is 1. The van der Waals surface area contributed by atoms with Crippen LogP contribution in [0.25, 0.3) is 0 Å². The van der Waals surface area contributed by atoms with Crippen LogP contribution in [0, 0.1) is 5.92 Å². The summed E-state index contributed by atoms with van der Waals surface area (Å²) >= 11 is 0. The third-order valence-corrected chi connectivity index (χ3v) is 4.19. The fourth-order valence-corrected chi connectivity index (χ4v) is 3.00. The summed E-state index contributed by atoms with van der Waals surface area (Å²) in [6.07, 6.45) is 0. The number of piperazine rings is 1. The van der Waals surface area contributed by atoms with E-state index in [0.29, 0.717) is 6.54 Å². The molecule has 1 saturated heterocycles. The number of aliphatic hydroxyl groups excluding tert-OH is 1. The number of carbonyl (C=O) groups is 1. The summed E-state index contributed by atoms with van der Waals surface area (Å²) in [4.78, 5) is 17.0. The van der Waals surface area contributed by atoms with Crippen LogP contribution in [0.3, 0.4) is 0 Å². The summed E-state index contributed by atoms with van der Waals surface area (Å²) in [5.41, 5.74) is 1.11. The van der Waals surface area contributed by atoms with Crippen LogP contribution in [0.5, 0.6) is 0 Å². The second-order valence-corrected chi connectivity index (χ2v) is 6.02. The highest BCUT2D eigenvalue weighted by molar-refractivity contribution is 5.84. The zero-order valence-electron chi connectivity index (χ0n) is 13.0. The van der Waals surface area contributed by atoms with Gasteiger partial charge < -0.3 is 10.0 Å². The molecule has 1 aliphatic rings. The van der Waals surface area contributed by atoms with Crippen LogP contribution in [0.2, 0.25) is 0 Å². The lowest BCUT2D eigenvalue weighted by Gasteiger charge is -2.37. The molecule has 1 amide bonds. The number of rotatable bonds is 5. The topological polar surface area (TPSA) is 43.8 Å². The third kappa shape index (κ3) is 4.05. The predicted molar refractivity (Wildman–Crippen MR) is 84.1 cm³/mol. The lowest BCUT2D eigenvalue weighted by atomic mass is 9.87. The van der Waals surface area contributed by atoms with Gasteiger partial charge in [-0.05, 0) is 11.5 Å².